The lowest BCUT2D eigenvalue weighted by atomic mass is 10.1. The van der Waals surface area contributed by atoms with Crippen LogP contribution in [0.4, 0.5) is 0 Å². The highest BCUT2D eigenvalue weighted by Gasteiger charge is 2.07. The van der Waals surface area contributed by atoms with E-state index in [2.05, 4.69) is 19.2 Å². The zero-order chi connectivity index (χ0) is 15.5. The monoisotopic (exact) mass is 293 g/mol. The highest BCUT2D eigenvalue weighted by molar-refractivity contribution is 5.75. The van der Waals surface area contributed by atoms with Gasteiger partial charge in [0, 0.05) is 13.0 Å². The zero-order valence-corrected chi connectivity index (χ0v) is 13.4. The minimum absolute atomic E-state index is 0.105. The summed E-state index contributed by atoms with van der Waals surface area (Å²) in [6.45, 7) is 5.39. The molecule has 0 aliphatic heterocycles. The third-order valence-corrected chi connectivity index (χ3v) is 3.19. The maximum absolute atomic E-state index is 11.7. The fourth-order valence-corrected chi connectivity index (χ4v) is 1.98. The van der Waals surface area contributed by atoms with E-state index in [1.165, 1.54) is 0 Å². The van der Waals surface area contributed by atoms with Crippen molar-refractivity contribution >= 4 is 5.91 Å². The normalized spacial score (nSPS) is 10.2. The molecule has 4 heteroatoms. The molecule has 0 unspecified atom stereocenters. The number of amides is 1. The van der Waals surface area contributed by atoms with Crippen LogP contribution in [0.2, 0.25) is 0 Å². The molecule has 0 fully saturated rings. The molecule has 0 saturated carbocycles. The van der Waals surface area contributed by atoms with Crippen LogP contribution in [0.3, 0.4) is 0 Å². The number of hydrogen-bond acceptors (Lipinski definition) is 3. The molecule has 1 aromatic rings. The van der Waals surface area contributed by atoms with E-state index in [9.17, 15) is 4.79 Å². The number of ether oxygens (including phenoxy) is 2. The van der Waals surface area contributed by atoms with Crippen LogP contribution in [0.25, 0.3) is 0 Å². The first-order chi connectivity index (χ1) is 10.2. The maximum atomic E-state index is 11.7. The Labute approximate surface area is 127 Å². The molecule has 0 atom stereocenters. The van der Waals surface area contributed by atoms with Gasteiger partial charge in [-0.1, -0.05) is 32.8 Å². The molecular weight excluding hydrogens is 266 g/mol. The average Bonchev–Trinajstić information content (AvgIpc) is 2.51. The van der Waals surface area contributed by atoms with Crippen molar-refractivity contribution in [1.29, 1.82) is 0 Å². The number of rotatable bonds is 10. The Hall–Kier alpha value is -1.71. The summed E-state index contributed by atoms with van der Waals surface area (Å²) >= 11 is 0. The summed E-state index contributed by atoms with van der Waals surface area (Å²) in [5, 5.41) is 2.94. The molecule has 0 spiro atoms. The van der Waals surface area contributed by atoms with Crippen molar-refractivity contribution in [2.75, 3.05) is 13.7 Å². The Morgan fingerprint density at radius 1 is 1.14 bits per heavy atom. The number of benzene rings is 1. The quantitative estimate of drug-likeness (QED) is 0.669. The number of carbonyl (C=O) groups is 1. The zero-order valence-electron chi connectivity index (χ0n) is 13.4. The third-order valence-electron chi connectivity index (χ3n) is 3.19. The van der Waals surface area contributed by atoms with Crippen molar-refractivity contribution in [2.45, 2.75) is 52.5 Å². The highest BCUT2D eigenvalue weighted by atomic mass is 16.5. The van der Waals surface area contributed by atoms with Crippen LogP contribution in [0, 0.1) is 0 Å². The van der Waals surface area contributed by atoms with E-state index in [1.54, 1.807) is 7.11 Å². The first kappa shape index (κ1) is 17.3. The predicted octanol–water partition coefficient (Wildman–Crippen LogP) is 3.68. The van der Waals surface area contributed by atoms with Crippen LogP contribution in [-0.4, -0.2) is 19.6 Å². The summed E-state index contributed by atoms with van der Waals surface area (Å²) in [7, 11) is 1.63. The molecule has 0 aliphatic rings. The second-order valence-corrected chi connectivity index (χ2v) is 5.07. The topological polar surface area (TPSA) is 47.6 Å². The Morgan fingerprint density at radius 2 is 1.95 bits per heavy atom. The van der Waals surface area contributed by atoms with Crippen molar-refractivity contribution in [3.63, 3.8) is 0 Å². The van der Waals surface area contributed by atoms with Crippen molar-refractivity contribution in [3.8, 4) is 11.5 Å². The van der Waals surface area contributed by atoms with Crippen LogP contribution in [-0.2, 0) is 11.3 Å². The number of methoxy groups -OCH3 is 1. The molecule has 0 saturated heterocycles. The Kier molecular flexibility index (Phi) is 8.32. The van der Waals surface area contributed by atoms with Gasteiger partial charge in [0.05, 0.1) is 13.7 Å². The molecule has 0 bridgehead atoms. The average molecular weight is 293 g/mol. The van der Waals surface area contributed by atoms with Gasteiger partial charge in [-0.3, -0.25) is 4.79 Å². The van der Waals surface area contributed by atoms with Gasteiger partial charge in [0.2, 0.25) is 5.91 Å². The van der Waals surface area contributed by atoms with Gasteiger partial charge in [-0.15, -0.1) is 0 Å². The maximum Gasteiger partial charge on any atom is 0.220 e. The molecule has 21 heavy (non-hydrogen) atoms. The van der Waals surface area contributed by atoms with Gasteiger partial charge >= 0.3 is 0 Å². The molecule has 0 heterocycles. The van der Waals surface area contributed by atoms with E-state index in [0.717, 1.165) is 37.0 Å². The van der Waals surface area contributed by atoms with Crippen LogP contribution in [0.1, 0.15) is 51.5 Å². The molecule has 118 valence electrons. The highest BCUT2D eigenvalue weighted by Crippen LogP contribution is 2.28. The van der Waals surface area contributed by atoms with Gasteiger partial charge in [0.1, 0.15) is 0 Å². The molecule has 0 aromatic heterocycles. The predicted molar refractivity (Wildman–Crippen MR) is 84.8 cm³/mol. The summed E-state index contributed by atoms with van der Waals surface area (Å²) in [5.74, 6) is 1.56. The van der Waals surface area contributed by atoms with E-state index in [0.29, 0.717) is 25.3 Å². The van der Waals surface area contributed by atoms with Crippen molar-refractivity contribution in [2.24, 2.45) is 0 Å². The van der Waals surface area contributed by atoms with E-state index in [4.69, 9.17) is 9.47 Å². The first-order valence-electron chi connectivity index (χ1n) is 7.77. The fourth-order valence-electron chi connectivity index (χ4n) is 1.98. The summed E-state index contributed by atoms with van der Waals surface area (Å²) in [6, 6.07) is 5.77. The van der Waals surface area contributed by atoms with E-state index >= 15 is 0 Å². The minimum Gasteiger partial charge on any atom is -0.493 e. The molecule has 1 rings (SSSR count). The number of nitrogens with one attached hydrogen (secondary N) is 1. The van der Waals surface area contributed by atoms with E-state index < -0.39 is 0 Å². The van der Waals surface area contributed by atoms with Gasteiger partial charge in [-0.25, -0.2) is 0 Å². The number of unbranched alkanes of at least 4 members (excludes halogenated alkanes) is 2. The largest absolute Gasteiger partial charge is 0.493 e. The van der Waals surface area contributed by atoms with Crippen LogP contribution in [0.15, 0.2) is 18.2 Å². The smallest absolute Gasteiger partial charge is 0.220 e. The lowest BCUT2D eigenvalue weighted by Gasteiger charge is -2.12. The standard InChI is InChI=1S/C17H27NO3/c1-4-6-7-8-17(19)18-13-14-9-10-15(21-11-5-2)16(12-14)20-3/h9-10,12H,4-8,11,13H2,1-3H3,(H,18,19). The molecule has 4 nitrogen and oxygen atoms in total. The van der Waals surface area contributed by atoms with Crippen LogP contribution in [0.5, 0.6) is 11.5 Å². The summed E-state index contributed by atoms with van der Waals surface area (Å²) in [4.78, 5) is 11.7. The van der Waals surface area contributed by atoms with Crippen molar-refractivity contribution in [3.05, 3.63) is 23.8 Å². The third kappa shape index (κ3) is 6.52. The summed E-state index contributed by atoms with van der Waals surface area (Å²) in [5.41, 5.74) is 1.01. The number of hydrogen-bond donors (Lipinski definition) is 1. The first-order valence-corrected chi connectivity index (χ1v) is 7.77. The minimum atomic E-state index is 0.105. The Morgan fingerprint density at radius 3 is 2.62 bits per heavy atom. The fraction of sp³-hybridized carbons (Fsp3) is 0.588. The lowest BCUT2D eigenvalue weighted by Crippen LogP contribution is -2.22. The molecule has 1 amide bonds. The van der Waals surface area contributed by atoms with Gasteiger partial charge in [0.15, 0.2) is 11.5 Å². The van der Waals surface area contributed by atoms with Gasteiger partial charge in [0.25, 0.3) is 0 Å². The lowest BCUT2D eigenvalue weighted by molar-refractivity contribution is -0.121. The van der Waals surface area contributed by atoms with Gasteiger partial charge in [-0.05, 0) is 30.5 Å². The molecular formula is C17H27NO3. The summed E-state index contributed by atoms with van der Waals surface area (Å²) in [6.07, 6.45) is 4.74. The van der Waals surface area contributed by atoms with E-state index in [-0.39, 0.29) is 5.91 Å². The van der Waals surface area contributed by atoms with Crippen molar-refractivity contribution in [1.82, 2.24) is 5.32 Å². The molecule has 0 aliphatic carbocycles. The SMILES string of the molecule is CCCCCC(=O)NCc1ccc(OCCC)c(OC)c1. The Balaban J connectivity index is 2.50. The molecule has 0 radical (unpaired) electrons. The van der Waals surface area contributed by atoms with Gasteiger partial charge in [-0.2, -0.15) is 0 Å². The Bertz CT molecular complexity index is 432. The van der Waals surface area contributed by atoms with Gasteiger partial charge < -0.3 is 14.8 Å². The molecule has 1 N–H and O–H groups in total. The van der Waals surface area contributed by atoms with Crippen molar-refractivity contribution < 1.29 is 14.3 Å². The second kappa shape index (κ2) is 10.1. The second-order valence-electron chi connectivity index (χ2n) is 5.07. The number of carbonyl (C=O) groups excluding carboxylic acids is 1. The van der Waals surface area contributed by atoms with Crippen LogP contribution < -0.4 is 14.8 Å². The van der Waals surface area contributed by atoms with Crippen LogP contribution >= 0.6 is 0 Å². The summed E-state index contributed by atoms with van der Waals surface area (Å²) < 4.78 is 10.9. The van der Waals surface area contributed by atoms with E-state index in [1.807, 2.05) is 18.2 Å². The molecule has 1 aromatic carbocycles.